The number of nitrogens with zero attached hydrogens (tertiary/aromatic N) is 1. The van der Waals surface area contributed by atoms with Gasteiger partial charge in [0.1, 0.15) is 0 Å². The maximum Gasteiger partial charge on any atom is 0.0978 e. The summed E-state index contributed by atoms with van der Waals surface area (Å²) in [5.74, 6) is 0.962. The van der Waals surface area contributed by atoms with E-state index in [0.29, 0.717) is 0 Å². The third-order valence-electron chi connectivity index (χ3n) is 2.32. The largest absolute Gasteiger partial charge is 0.336 e. The van der Waals surface area contributed by atoms with Crippen molar-refractivity contribution in [3.05, 3.63) is 16.0 Å². The van der Waals surface area contributed by atoms with Gasteiger partial charge in [-0.2, -0.15) is 0 Å². The Balaban J connectivity index is 2.96. The van der Waals surface area contributed by atoms with Crippen molar-refractivity contribution in [2.24, 2.45) is 4.99 Å². The van der Waals surface area contributed by atoms with Crippen LogP contribution in [0, 0.1) is 20.8 Å². The summed E-state index contributed by atoms with van der Waals surface area (Å²) in [5.41, 5.74) is 2.72. The number of hydrogen-bond donors (Lipinski definition) is 1. The lowest BCUT2D eigenvalue weighted by Crippen LogP contribution is -2.05. The van der Waals surface area contributed by atoms with E-state index in [9.17, 15) is 0 Å². The molecule has 0 bridgehead atoms. The van der Waals surface area contributed by atoms with E-state index in [2.05, 4.69) is 31.1 Å². The van der Waals surface area contributed by atoms with E-state index in [4.69, 9.17) is 0 Å². The van der Waals surface area contributed by atoms with E-state index < -0.39 is 0 Å². The number of rotatable bonds is 1. The molecule has 13 heavy (non-hydrogen) atoms. The van der Waals surface area contributed by atoms with Crippen molar-refractivity contribution in [2.45, 2.75) is 27.7 Å². The first-order chi connectivity index (χ1) is 6.06. The van der Waals surface area contributed by atoms with Crippen LogP contribution in [0.4, 0.5) is 5.00 Å². The van der Waals surface area contributed by atoms with E-state index in [1.165, 1.54) is 21.0 Å². The lowest BCUT2D eigenvalue weighted by Gasteiger charge is -2.02. The first-order valence-electron chi connectivity index (χ1n) is 4.33. The molecule has 0 atom stereocenters. The summed E-state index contributed by atoms with van der Waals surface area (Å²) in [6.07, 6.45) is 0. The molecule has 1 aromatic rings. The zero-order chi connectivity index (χ0) is 10.0. The molecule has 1 rings (SSSR count). The molecule has 2 nitrogen and oxygen atoms in total. The van der Waals surface area contributed by atoms with E-state index in [0.717, 1.165) is 5.84 Å². The van der Waals surface area contributed by atoms with Gasteiger partial charge in [-0.25, -0.2) is 0 Å². The van der Waals surface area contributed by atoms with Crippen molar-refractivity contribution in [1.82, 2.24) is 0 Å². The quantitative estimate of drug-likeness (QED) is 0.541. The summed E-state index contributed by atoms with van der Waals surface area (Å²) < 4.78 is 0. The topological polar surface area (TPSA) is 24.4 Å². The average molecular weight is 196 g/mol. The van der Waals surface area contributed by atoms with Crippen LogP contribution in [0.15, 0.2) is 4.99 Å². The molecule has 3 heteroatoms. The normalized spacial score (nSPS) is 11.9. The highest BCUT2D eigenvalue weighted by molar-refractivity contribution is 7.16. The number of hydrogen-bond acceptors (Lipinski definition) is 2. The van der Waals surface area contributed by atoms with Crippen LogP contribution in [-0.4, -0.2) is 12.9 Å². The molecule has 72 valence electrons. The highest BCUT2D eigenvalue weighted by Gasteiger charge is 2.07. The Hall–Kier alpha value is -0.830. The van der Waals surface area contributed by atoms with Crippen LogP contribution in [0.3, 0.4) is 0 Å². The molecule has 0 radical (unpaired) electrons. The molecule has 0 aliphatic rings. The Bertz CT molecular complexity index is 337. The van der Waals surface area contributed by atoms with Crippen LogP contribution >= 0.6 is 11.3 Å². The molecule has 0 fully saturated rings. The SMILES string of the molecule is CN=C(C)Nc1sc(C)c(C)c1C. The lowest BCUT2D eigenvalue weighted by molar-refractivity contribution is 1.34. The van der Waals surface area contributed by atoms with Gasteiger partial charge in [-0.15, -0.1) is 11.3 Å². The van der Waals surface area contributed by atoms with Crippen molar-refractivity contribution >= 4 is 22.2 Å². The van der Waals surface area contributed by atoms with Gasteiger partial charge in [-0.1, -0.05) is 0 Å². The first kappa shape index (κ1) is 10.3. The minimum absolute atomic E-state index is 0.962. The van der Waals surface area contributed by atoms with Gasteiger partial charge in [0.15, 0.2) is 0 Å². The van der Waals surface area contributed by atoms with E-state index in [-0.39, 0.29) is 0 Å². The lowest BCUT2D eigenvalue weighted by atomic mass is 10.2. The molecular formula is C10H16N2S. The smallest absolute Gasteiger partial charge is 0.0978 e. The summed E-state index contributed by atoms with van der Waals surface area (Å²) in [5, 5.41) is 4.51. The second-order valence-corrected chi connectivity index (χ2v) is 4.40. The van der Waals surface area contributed by atoms with Crippen molar-refractivity contribution in [3.8, 4) is 0 Å². The van der Waals surface area contributed by atoms with Crippen LogP contribution in [0.2, 0.25) is 0 Å². The maximum atomic E-state index is 4.08. The molecule has 0 aliphatic carbocycles. The van der Waals surface area contributed by atoms with Gasteiger partial charge in [-0.05, 0) is 38.8 Å². The molecular weight excluding hydrogens is 180 g/mol. The van der Waals surface area contributed by atoms with Gasteiger partial charge in [-0.3, -0.25) is 4.99 Å². The van der Waals surface area contributed by atoms with Crippen LogP contribution in [0.25, 0.3) is 0 Å². The number of amidine groups is 1. The third-order valence-corrected chi connectivity index (χ3v) is 3.54. The molecule has 1 aromatic heterocycles. The van der Waals surface area contributed by atoms with Crippen LogP contribution < -0.4 is 5.32 Å². The van der Waals surface area contributed by atoms with Gasteiger partial charge >= 0.3 is 0 Å². The predicted molar refractivity (Wildman–Crippen MR) is 61.2 cm³/mol. The van der Waals surface area contributed by atoms with Crippen LogP contribution in [0.1, 0.15) is 22.9 Å². The van der Waals surface area contributed by atoms with Gasteiger partial charge in [0, 0.05) is 11.9 Å². The maximum absolute atomic E-state index is 4.08. The van der Waals surface area contributed by atoms with Gasteiger partial charge in [0.05, 0.1) is 10.8 Å². The highest BCUT2D eigenvalue weighted by Crippen LogP contribution is 2.31. The molecule has 0 aromatic carbocycles. The fourth-order valence-electron chi connectivity index (χ4n) is 1.08. The number of anilines is 1. The van der Waals surface area contributed by atoms with Crippen LogP contribution in [0.5, 0.6) is 0 Å². The standard InChI is InChI=1S/C10H16N2S/c1-6-7(2)10(13-8(6)3)12-9(4)11-5/h1-5H3,(H,11,12). The second kappa shape index (κ2) is 3.92. The Labute approximate surface area is 83.7 Å². The average Bonchev–Trinajstić information content (AvgIpc) is 2.34. The number of thiophene rings is 1. The fraction of sp³-hybridized carbons (Fsp3) is 0.500. The fourth-order valence-corrected chi connectivity index (χ4v) is 2.20. The molecule has 0 spiro atoms. The van der Waals surface area contributed by atoms with E-state index >= 15 is 0 Å². The molecule has 1 heterocycles. The van der Waals surface area contributed by atoms with Crippen molar-refractivity contribution in [2.75, 3.05) is 12.4 Å². The third kappa shape index (κ3) is 2.10. The second-order valence-electron chi connectivity index (χ2n) is 3.17. The summed E-state index contributed by atoms with van der Waals surface area (Å²) in [6, 6.07) is 0. The van der Waals surface area contributed by atoms with Crippen molar-refractivity contribution < 1.29 is 0 Å². The molecule has 0 saturated heterocycles. The minimum atomic E-state index is 0.962. The molecule has 0 aliphatic heterocycles. The summed E-state index contributed by atoms with van der Waals surface area (Å²) in [7, 11) is 1.80. The Morgan fingerprint density at radius 2 is 1.85 bits per heavy atom. The summed E-state index contributed by atoms with van der Waals surface area (Å²) in [6.45, 7) is 8.43. The Kier molecular flexibility index (Phi) is 3.09. The summed E-state index contributed by atoms with van der Waals surface area (Å²) in [4.78, 5) is 5.45. The minimum Gasteiger partial charge on any atom is -0.336 e. The first-order valence-corrected chi connectivity index (χ1v) is 5.15. The molecule has 0 unspecified atom stereocenters. The predicted octanol–water partition coefficient (Wildman–Crippen LogP) is 3.13. The number of aryl methyl sites for hydroxylation is 1. The Morgan fingerprint density at radius 3 is 2.23 bits per heavy atom. The van der Waals surface area contributed by atoms with Gasteiger partial charge < -0.3 is 5.32 Å². The van der Waals surface area contributed by atoms with E-state index in [1.807, 2.05) is 6.92 Å². The number of nitrogens with one attached hydrogen (secondary N) is 1. The van der Waals surface area contributed by atoms with Crippen molar-refractivity contribution in [1.29, 1.82) is 0 Å². The highest BCUT2D eigenvalue weighted by atomic mass is 32.1. The molecule has 0 amide bonds. The monoisotopic (exact) mass is 196 g/mol. The number of aliphatic imine (C=N–C) groups is 1. The molecule has 0 saturated carbocycles. The van der Waals surface area contributed by atoms with Gasteiger partial charge in [0.2, 0.25) is 0 Å². The zero-order valence-corrected chi connectivity index (χ0v) is 9.67. The van der Waals surface area contributed by atoms with Crippen molar-refractivity contribution in [3.63, 3.8) is 0 Å². The van der Waals surface area contributed by atoms with E-state index in [1.54, 1.807) is 18.4 Å². The zero-order valence-electron chi connectivity index (χ0n) is 8.86. The van der Waals surface area contributed by atoms with Crippen LogP contribution in [-0.2, 0) is 0 Å². The van der Waals surface area contributed by atoms with Gasteiger partial charge in [0.25, 0.3) is 0 Å². The summed E-state index contributed by atoms with van der Waals surface area (Å²) >= 11 is 1.79. The molecule has 1 N–H and O–H groups in total. The Morgan fingerprint density at radius 1 is 1.23 bits per heavy atom.